The van der Waals surface area contributed by atoms with Crippen molar-refractivity contribution in [2.24, 2.45) is 0 Å². The number of likely N-dealkylation sites (tertiary alicyclic amines) is 1. The fraction of sp³-hybridized carbons (Fsp3) is 0.611. The van der Waals surface area contributed by atoms with Gasteiger partial charge < -0.3 is 18.8 Å². The molecule has 0 aliphatic carbocycles. The second-order valence-electron chi connectivity index (χ2n) is 7.06. The van der Waals surface area contributed by atoms with Crippen LogP contribution in [0.4, 0.5) is 13.2 Å². The van der Waals surface area contributed by atoms with Gasteiger partial charge in [0.1, 0.15) is 17.6 Å². The van der Waals surface area contributed by atoms with E-state index in [1.807, 2.05) is 19.9 Å². The normalized spacial score (nSPS) is 24.7. The molecule has 0 aromatic carbocycles. The lowest BCUT2D eigenvalue weighted by Crippen LogP contribution is -2.40. The van der Waals surface area contributed by atoms with Gasteiger partial charge in [-0.2, -0.15) is 18.2 Å². The van der Waals surface area contributed by atoms with E-state index in [0.29, 0.717) is 17.8 Å². The predicted molar refractivity (Wildman–Crippen MR) is 91.8 cm³/mol. The van der Waals surface area contributed by atoms with Crippen molar-refractivity contribution in [1.29, 1.82) is 0 Å². The summed E-state index contributed by atoms with van der Waals surface area (Å²) in [7, 11) is 0. The second kappa shape index (κ2) is 8.54. The molecule has 0 saturated carbocycles. The number of hydrogen-bond acceptors (Lipinski definition) is 7. The minimum Gasteiger partial charge on any atom is -0.475 e. The molecule has 0 spiro atoms. The van der Waals surface area contributed by atoms with Gasteiger partial charge in [-0.05, 0) is 45.2 Å². The van der Waals surface area contributed by atoms with Crippen LogP contribution in [0.5, 0.6) is 0 Å². The van der Waals surface area contributed by atoms with Gasteiger partial charge in [-0.15, -0.1) is 0 Å². The van der Waals surface area contributed by atoms with Crippen molar-refractivity contribution in [3.05, 3.63) is 35.4 Å². The van der Waals surface area contributed by atoms with E-state index in [-0.39, 0.29) is 12.2 Å². The third-order valence-electron chi connectivity index (χ3n) is 4.88. The van der Waals surface area contributed by atoms with Crippen molar-refractivity contribution < 1.29 is 36.7 Å². The highest BCUT2D eigenvalue weighted by molar-refractivity contribution is 5.73. The number of fused-ring (bicyclic) bond motifs is 1. The Bertz CT molecular complexity index is 835. The molecule has 1 N–H and O–H groups in total. The topological polar surface area (TPSA) is 102 Å². The molecule has 0 amide bonds. The first-order valence-corrected chi connectivity index (χ1v) is 9.18. The molecule has 0 radical (unpaired) electrons. The Kier molecular flexibility index (Phi) is 6.27. The van der Waals surface area contributed by atoms with Crippen LogP contribution in [0.2, 0.25) is 0 Å². The van der Waals surface area contributed by atoms with Gasteiger partial charge in [0.25, 0.3) is 5.89 Å². The first kappa shape index (κ1) is 21.3. The fourth-order valence-corrected chi connectivity index (χ4v) is 3.61. The van der Waals surface area contributed by atoms with Crippen molar-refractivity contribution in [3.8, 4) is 0 Å². The molecule has 4 rings (SSSR count). The summed E-state index contributed by atoms with van der Waals surface area (Å²) in [6.07, 6.45) is -1.81. The number of carbonyl (C=O) groups is 1. The van der Waals surface area contributed by atoms with E-state index in [0.717, 1.165) is 43.9 Å². The molecule has 2 aromatic rings. The standard InChI is InChI=1S/C16H21N3O3.C2HF3O2/c1-10-3-4-12(20-10)9-19-8-7-14-13(19)5-6-15(21-14)16-17-11(2)18-22-16;3-2(4,5)1(6)7/h3-4,13-15H,5-9H2,1-2H3;(H,6,7)/t13-,14-,15-;/m1./s1. The summed E-state index contributed by atoms with van der Waals surface area (Å²) in [4.78, 5) is 15.7. The molecule has 2 saturated heterocycles. The highest BCUT2D eigenvalue weighted by Gasteiger charge is 2.41. The molecule has 2 aromatic heterocycles. The van der Waals surface area contributed by atoms with E-state index < -0.39 is 12.1 Å². The fourth-order valence-electron chi connectivity index (χ4n) is 3.61. The van der Waals surface area contributed by atoms with Gasteiger partial charge in [-0.3, -0.25) is 4.90 Å². The SMILES string of the molecule is Cc1noc([C@H]2CC[C@@H]3[C@@H](CCN3Cc3ccc(C)o3)O2)n1.O=C(O)C(F)(F)F. The molecule has 8 nitrogen and oxygen atoms in total. The number of furan rings is 1. The Morgan fingerprint density at radius 3 is 2.55 bits per heavy atom. The Hall–Kier alpha value is -2.40. The molecule has 29 heavy (non-hydrogen) atoms. The molecule has 3 atom stereocenters. The maximum absolute atomic E-state index is 10.6. The lowest BCUT2D eigenvalue weighted by molar-refractivity contribution is -0.192. The van der Waals surface area contributed by atoms with Crippen LogP contribution in [0.3, 0.4) is 0 Å². The number of alkyl halides is 3. The number of aromatic nitrogens is 2. The van der Waals surface area contributed by atoms with Crippen LogP contribution in [0.15, 0.2) is 21.1 Å². The van der Waals surface area contributed by atoms with Crippen LogP contribution in [0.25, 0.3) is 0 Å². The van der Waals surface area contributed by atoms with Gasteiger partial charge in [0, 0.05) is 12.6 Å². The molecule has 160 valence electrons. The third-order valence-corrected chi connectivity index (χ3v) is 4.88. The summed E-state index contributed by atoms with van der Waals surface area (Å²) >= 11 is 0. The summed E-state index contributed by atoms with van der Waals surface area (Å²) < 4.78 is 48.9. The van der Waals surface area contributed by atoms with Crippen molar-refractivity contribution in [3.63, 3.8) is 0 Å². The molecule has 2 aliphatic heterocycles. The summed E-state index contributed by atoms with van der Waals surface area (Å²) in [5.41, 5.74) is 0. The quantitative estimate of drug-likeness (QED) is 0.811. The number of halogens is 3. The average molecular weight is 417 g/mol. The number of aryl methyl sites for hydroxylation is 2. The number of carboxylic acids is 1. The number of hydrogen-bond donors (Lipinski definition) is 1. The van der Waals surface area contributed by atoms with E-state index >= 15 is 0 Å². The highest BCUT2D eigenvalue weighted by Crippen LogP contribution is 2.38. The van der Waals surface area contributed by atoms with Crippen molar-refractivity contribution in [2.45, 2.75) is 64.1 Å². The predicted octanol–water partition coefficient (Wildman–Crippen LogP) is 3.41. The highest BCUT2D eigenvalue weighted by atomic mass is 19.4. The molecule has 11 heteroatoms. The van der Waals surface area contributed by atoms with Gasteiger partial charge in [0.2, 0.25) is 0 Å². The largest absolute Gasteiger partial charge is 0.490 e. The lowest BCUT2D eigenvalue weighted by atomic mass is 9.99. The number of rotatable bonds is 3. The number of aliphatic carboxylic acids is 1. The molecular weight excluding hydrogens is 395 g/mol. The monoisotopic (exact) mass is 417 g/mol. The van der Waals surface area contributed by atoms with Gasteiger partial charge >= 0.3 is 12.1 Å². The number of carboxylic acid groups (broad SMARTS) is 1. The first-order valence-electron chi connectivity index (χ1n) is 9.18. The molecular formula is C18H22F3N3O5. The van der Waals surface area contributed by atoms with Gasteiger partial charge in [-0.1, -0.05) is 5.16 Å². The van der Waals surface area contributed by atoms with Crippen LogP contribution >= 0.6 is 0 Å². The van der Waals surface area contributed by atoms with Gasteiger partial charge in [-0.25, -0.2) is 4.79 Å². The lowest BCUT2D eigenvalue weighted by Gasteiger charge is -2.34. The summed E-state index contributed by atoms with van der Waals surface area (Å²) in [6.45, 7) is 5.73. The minimum atomic E-state index is -5.08. The van der Waals surface area contributed by atoms with Crippen LogP contribution in [-0.4, -0.2) is 51.0 Å². The Morgan fingerprint density at radius 1 is 1.28 bits per heavy atom. The van der Waals surface area contributed by atoms with Crippen molar-refractivity contribution >= 4 is 5.97 Å². The van der Waals surface area contributed by atoms with Crippen molar-refractivity contribution in [2.75, 3.05) is 6.54 Å². The van der Waals surface area contributed by atoms with Crippen LogP contribution < -0.4 is 0 Å². The third kappa shape index (κ3) is 5.36. The zero-order chi connectivity index (χ0) is 21.2. The van der Waals surface area contributed by atoms with E-state index in [1.165, 1.54) is 0 Å². The van der Waals surface area contributed by atoms with Gasteiger partial charge in [0.05, 0.1) is 12.6 Å². The Morgan fingerprint density at radius 2 is 2.00 bits per heavy atom. The average Bonchev–Trinajstić information content (AvgIpc) is 3.36. The molecule has 4 heterocycles. The zero-order valence-electron chi connectivity index (χ0n) is 16.0. The molecule has 2 fully saturated rings. The zero-order valence-corrected chi connectivity index (χ0v) is 16.0. The maximum Gasteiger partial charge on any atom is 0.490 e. The maximum atomic E-state index is 10.6. The minimum absolute atomic E-state index is 0.0479. The van der Waals surface area contributed by atoms with E-state index in [9.17, 15) is 13.2 Å². The Balaban J connectivity index is 0.000000298. The van der Waals surface area contributed by atoms with E-state index in [2.05, 4.69) is 21.1 Å². The molecule has 0 unspecified atom stereocenters. The molecule has 0 bridgehead atoms. The second-order valence-corrected chi connectivity index (χ2v) is 7.06. The van der Waals surface area contributed by atoms with E-state index in [4.69, 9.17) is 23.6 Å². The van der Waals surface area contributed by atoms with Crippen LogP contribution in [0.1, 0.15) is 48.6 Å². The van der Waals surface area contributed by atoms with Crippen LogP contribution in [-0.2, 0) is 16.1 Å². The number of ether oxygens (including phenoxy) is 1. The summed E-state index contributed by atoms with van der Waals surface area (Å²) in [5, 5.41) is 11.0. The first-order chi connectivity index (χ1) is 13.6. The summed E-state index contributed by atoms with van der Waals surface area (Å²) in [5.74, 6) is 0.538. The smallest absolute Gasteiger partial charge is 0.475 e. The van der Waals surface area contributed by atoms with Crippen LogP contribution in [0, 0.1) is 13.8 Å². The Labute approximate surface area is 164 Å². The summed E-state index contributed by atoms with van der Waals surface area (Å²) in [6, 6.07) is 4.55. The number of nitrogens with zero attached hydrogens (tertiary/aromatic N) is 3. The van der Waals surface area contributed by atoms with Gasteiger partial charge in [0.15, 0.2) is 5.82 Å². The molecule has 2 aliphatic rings. The van der Waals surface area contributed by atoms with Crippen molar-refractivity contribution in [1.82, 2.24) is 15.0 Å². The van der Waals surface area contributed by atoms with E-state index in [1.54, 1.807) is 0 Å².